The number of aromatic amines is 1. The fourth-order valence-electron chi connectivity index (χ4n) is 3.29. The van der Waals surface area contributed by atoms with Gasteiger partial charge in [-0.1, -0.05) is 0 Å². The molecule has 37 heavy (non-hydrogen) atoms. The number of amides is 2. The van der Waals surface area contributed by atoms with Crippen molar-refractivity contribution in [2.24, 2.45) is 0 Å². The zero-order valence-electron chi connectivity index (χ0n) is 19.5. The Morgan fingerprint density at radius 1 is 1.16 bits per heavy atom. The first-order valence-corrected chi connectivity index (χ1v) is 10.7. The Balaban J connectivity index is 1.83. The minimum absolute atomic E-state index is 0.0400. The maximum absolute atomic E-state index is 12.8. The molecule has 2 amide bonds. The summed E-state index contributed by atoms with van der Waals surface area (Å²) in [4.78, 5) is 75.3. The second kappa shape index (κ2) is 11.7. The first-order valence-electron chi connectivity index (χ1n) is 10.7. The number of fused-ring (bicyclic) bond motifs is 1. The number of nitrogens with zero attached hydrogens (tertiary/aromatic N) is 4. The number of ether oxygens (including phenoxy) is 1. The van der Waals surface area contributed by atoms with Crippen LogP contribution in [0, 0.1) is 0 Å². The first-order chi connectivity index (χ1) is 17.6. The number of carbonyl (C=O) groups excluding carboxylic acids is 2. The molecule has 0 saturated carbocycles. The van der Waals surface area contributed by atoms with E-state index < -0.39 is 41.8 Å². The number of aromatic nitrogens is 4. The van der Waals surface area contributed by atoms with Gasteiger partial charge in [-0.3, -0.25) is 24.2 Å². The van der Waals surface area contributed by atoms with Crippen molar-refractivity contribution in [2.45, 2.75) is 25.4 Å². The predicted octanol–water partition coefficient (Wildman–Crippen LogP) is -0.477. The Kier molecular flexibility index (Phi) is 8.42. The van der Waals surface area contributed by atoms with E-state index >= 15 is 0 Å². The van der Waals surface area contributed by atoms with Crippen molar-refractivity contribution in [1.29, 1.82) is 0 Å². The molecule has 0 bridgehead atoms. The molecule has 0 fully saturated rings. The fourth-order valence-corrected chi connectivity index (χ4v) is 3.29. The minimum atomic E-state index is -1.39. The molecular formula is C22H23N7O8. The van der Waals surface area contributed by atoms with Gasteiger partial charge in [-0.15, -0.1) is 0 Å². The van der Waals surface area contributed by atoms with E-state index in [-0.39, 0.29) is 47.9 Å². The molecule has 1 atom stereocenters. The average molecular weight is 513 g/mol. The molecule has 0 aliphatic rings. The summed E-state index contributed by atoms with van der Waals surface area (Å²) in [6, 6.07) is 4.27. The van der Waals surface area contributed by atoms with Gasteiger partial charge in [-0.25, -0.2) is 14.8 Å². The van der Waals surface area contributed by atoms with Gasteiger partial charge in [0.15, 0.2) is 11.2 Å². The van der Waals surface area contributed by atoms with Crippen molar-refractivity contribution in [1.82, 2.24) is 25.3 Å². The molecule has 194 valence electrons. The lowest BCUT2D eigenvalue weighted by Crippen LogP contribution is -2.41. The molecule has 0 aliphatic carbocycles. The SMILES string of the molecule is COCC(=O)N(Cc1cnc2nc(N)[nH]c(=O)c2n1)c1ccc(C(=O)N[C@@H](CCC(=O)O)C(=O)O)cc1. The highest BCUT2D eigenvalue weighted by atomic mass is 16.5. The van der Waals surface area contributed by atoms with Crippen molar-refractivity contribution in [3.05, 3.63) is 52.1 Å². The van der Waals surface area contributed by atoms with Gasteiger partial charge in [-0.05, 0) is 30.7 Å². The molecule has 2 heterocycles. The van der Waals surface area contributed by atoms with E-state index in [0.717, 1.165) is 0 Å². The molecule has 0 saturated heterocycles. The molecule has 0 radical (unpaired) electrons. The molecule has 3 rings (SSSR count). The maximum Gasteiger partial charge on any atom is 0.326 e. The van der Waals surface area contributed by atoms with Gasteiger partial charge >= 0.3 is 11.9 Å². The molecule has 15 nitrogen and oxygen atoms in total. The molecule has 15 heteroatoms. The average Bonchev–Trinajstić information content (AvgIpc) is 2.85. The highest BCUT2D eigenvalue weighted by molar-refractivity contribution is 5.98. The van der Waals surface area contributed by atoms with Gasteiger partial charge in [0.05, 0.1) is 18.4 Å². The minimum Gasteiger partial charge on any atom is -0.481 e. The molecule has 1 aromatic carbocycles. The number of hydrogen-bond donors (Lipinski definition) is 5. The monoisotopic (exact) mass is 513 g/mol. The van der Waals surface area contributed by atoms with Crippen molar-refractivity contribution >= 4 is 46.6 Å². The largest absolute Gasteiger partial charge is 0.481 e. The van der Waals surface area contributed by atoms with Gasteiger partial charge in [0.1, 0.15) is 12.6 Å². The Morgan fingerprint density at radius 2 is 1.86 bits per heavy atom. The number of rotatable bonds is 11. The fraction of sp³-hybridized carbons (Fsp3) is 0.273. The number of nitrogens with two attached hydrogens (primary N) is 1. The van der Waals surface area contributed by atoms with Crippen molar-refractivity contribution in [3.8, 4) is 0 Å². The van der Waals surface area contributed by atoms with Crippen LogP contribution in [-0.2, 0) is 25.7 Å². The van der Waals surface area contributed by atoms with Gasteiger partial charge in [0, 0.05) is 24.8 Å². The van der Waals surface area contributed by atoms with Crippen LogP contribution < -0.4 is 21.5 Å². The number of benzene rings is 1. The van der Waals surface area contributed by atoms with E-state index in [0.29, 0.717) is 5.69 Å². The second-order valence-electron chi connectivity index (χ2n) is 7.74. The number of carbonyl (C=O) groups is 4. The molecule has 0 spiro atoms. The van der Waals surface area contributed by atoms with Crippen LogP contribution in [0.2, 0.25) is 0 Å². The van der Waals surface area contributed by atoms with E-state index in [9.17, 15) is 29.1 Å². The number of anilines is 2. The zero-order chi connectivity index (χ0) is 27.1. The van der Waals surface area contributed by atoms with E-state index in [1.807, 2.05) is 0 Å². The summed E-state index contributed by atoms with van der Waals surface area (Å²) < 4.78 is 4.95. The normalized spacial score (nSPS) is 11.6. The number of H-pyrrole nitrogens is 1. The molecule has 2 aromatic heterocycles. The second-order valence-corrected chi connectivity index (χ2v) is 7.74. The number of methoxy groups -OCH3 is 1. The number of hydrogen-bond acceptors (Lipinski definition) is 10. The summed E-state index contributed by atoms with van der Waals surface area (Å²) in [6.07, 6.45) is 0.623. The van der Waals surface area contributed by atoms with E-state index in [1.165, 1.54) is 42.5 Å². The Hall–Kier alpha value is -4.92. The van der Waals surface area contributed by atoms with Gasteiger partial charge in [0.25, 0.3) is 17.4 Å². The predicted molar refractivity (Wildman–Crippen MR) is 128 cm³/mol. The Labute approximate surface area is 208 Å². The number of nitrogen functional groups attached to an aromatic ring is 1. The van der Waals surface area contributed by atoms with Crippen LogP contribution in [-0.4, -0.2) is 73.7 Å². The molecule has 6 N–H and O–H groups in total. The van der Waals surface area contributed by atoms with Crippen LogP contribution in [0.3, 0.4) is 0 Å². The van der Waals surface area contributed by atoms with Crippen LogP contribution in [0.4, 0.5) is 11.6 Å². The third kappa shape index (κ3) is 6.82. The summed E-state index contributed by atoms with van der Waals surface area (Å²) >= 11 is 0. The molecule has 3 aromatic rings. The first kappa shape index (κ1) is 26.7. The standard InChI is InChI=1S/C22H23N7O8/c1-37-10-15(30)29(9-12-8-24-18-17(25-12)20(34)28-22(23)27-18)13-4-2-11(3-5-13)19(33)26-14(21(35)36)6-7-16(31)32/h2-5,8,14H,6-7,9-10H2,1H3,(H,26,33)(H,31,32)(H,35,36)(H3,23,24,27,28,34)/t14-/m0/s1. The number of carboxylic acids is 2. The lowest BCUT2D eigenvalue weighted by atomic mass is 10.1. The Morgan fingerprint density at radius 3 is 2.49 bits per heavy atom. The van der Waals surface area contributed by atoms with E-state index in [4.69, 9.17) is 15.6 Å². The topological polar surface area (TPSA) is 231 Å². The van der Waals surface area contributed by atoms with Crippen molar-refractivity contribution in [2.75, 3.05) is 24.4 Å². The summed E-state index contributed by atoms with van der Waals surface area (Å²) in [6.45, 7) is -0.372. The van der Waals surface area contributed by atoms with Gasteiger partial charge < -0.3 is 30.9 Å². The molecular weight excluding hydrogens is 490 g/mol. The maximum atomic E-state index is 12.8. The number of aliphatic carboxylic acids is 2. The van der Waals surface area contributed by atoms with Gasteiger partial charge in [0.2, 0.25) is 5.95 Å². The van der Waals surface area contributed by atoms with Crippen LogP contribution in [0.15, 0.2) is 35.3 Å². The summed E-state index contributed by atoms with van der Waals surface area (Å²) in [5.74, 6) is -3.85. The Bertz CT molecular complexity index is 1390. The van der Waals surface area contributed by atoms with Crippen molar-refractivity contribution in [3.63, 3.8) is 0 Å². The van der Waals surface area contributed by atoms with Gasteiger partial charge in [-0.2, -0.15) is 4.98 Å². The lowest BCUT2D eigenvalue weighted by molar-refractivity contribution is -0.140. The highest BCUT2D eigenvalue weighted by Gasteiger charge is 2.23. The highest BCUT2D eigenvalue weighted by Crippen LogP contribution is 2.19. The summed E-state index contributed by atoms with van der Waals surface area (Å²) in [5.41, 5.74) is 5.60. The molecule has 0 unspecified atom stereocenters. The third-order valence-corrected chi connectivity index (χ3v) is 5.07. The summed E-state index contributed by atoms with van der Waals surface area (Å²) in [5, 5.41) is 20.3. The quantitative estimate of drug-likeness (QED) is 0.219. The van der Waals surface area contributed by atoms with E-state index in [1.54, 1.807) is 0 Å². The summed E-state index contributed by atoms with van der Waals surface area (Å²) in [7, 11) is 1.35. The molecule has 0 aliphatic heterocycles. The third-order valence-electron chi connectivity index (χ3n) is 5.07. The van der Waals surface area contributed by atoms with Crippen LogP contribution in [0.1, 0.15) is 28.9 Å². The van der Waals surface area contributed by atoms with E-state index in [2.05, 4.69) is 25.3 Å². The smallest absolute Gasteiger partial charge is 0.326 e. The van der Waals surface area contributed by atoms with Crippen LogP contribution in [0.25, 0.3) is 11.2 Å². The van der Waals surface area contributed by atoms with Crippen LogP contribution >= 0.6 is 0 Å². The number of carboxylic acid groups (broad SMARTS) is 2. The number of nitrogens with one attached hydrogen (secondary N) is 2. The zero-order valence-corrected chi connectivity index (χ0v) is 19.5. The van der Waals surface area contributed by atoms with Crippen LogP contribution in [0.5, 0.6) is 0 Å². The lowest BCUT2D eigenvalue weighted by Gasteiger charge is -2.22. The van der Waals surface area contributed by atoms with Crippen molar-refractivity contribution < 1.29 is 34.1 Å².